The van der Waals surface area contributed by atoms with Crippen LogP contribution >= 0.6 is 0 Å². The van der Waals surface area contributed by atoms with Gasteiger partial charge < -0.3 is 0 Å². The summed E-state index contributed by atoms with van der Waals surface area (Å²) >= 11 is 0. The predicted molar refractivity (Wildman–Crippen MR) is 61.7 cm³/mol. The van der Waals surface area contributed by atoms with Crippen LogP contribution in [0.3, 0.4) is 0 Å². The molecule has 2 aromatic rings. The molecule has 6 nitrogen and oxygen atoms in total. The fourth-order valence-corrected chi connectivity index (χ4v) is 1.67. The molecule has 0 saturated heterocycles. The van der Waals surface area contributed by atoms with Gasteiger partial charge in [-0.3, -0.25) is 9.48 Å². The van der Waals surface area contributed by atoms with E-state index in [1.54, 1.807) is 15.6 Å². The fourth-order valence-electron chi connectivity index (χ4n) is 1.67. The maximum absolute atomic E-state index is 12.3. The molecule has 0 bridgehead atoms. The molecule has 0 saturated carbocycles. The van der Waals surface area contributed by atoms with Gasteiger partial charge in [0.2, 0.25) is 5.78 Å². The van der Waals surface area contributed by atoms with Crippen LogP contribution in [0.2, 0.25) is 0 Å². The van der Waals surface area contributed by atoms with Crippen molar-refractivity contribution in [3.8, 4) is 0 Å². The number of rotatable bonds is 4. The van der Waals surface area contributed by atoms with Crippen molar-refractivity contribution in [1.29, 1.82) is 0 Å². The van der Waals surface area contributed by atoms with Crippen LogP contribution in [-0.2, 0) is 13.6 Å². The van der Waals surface area contributed by atoms with Crippen molar-refractivity contribution in [2.45, 2.75) is 26.8 Å². The molecule has 0 aromatic carbocycles. The average molecular weight is 233 g/mol. The summed E-state index contributed by atoms with van der Waals surface area (Å²) in [5, 5.41) is 11.8. The largest absolute Gasteiger partial charge is 0.287 e. The molecule has 0 aliphatic rings. The van der Waals surface area contributed by atoms with Crippen LogP contribution < -0.4 is 0 Å². The molecule has 0 aliphatic carbocycles. The summed E-state index contributed by atoms with van der Waals surface area (Å²) < 4.78 is 3.32. The van der Waals surface area contributed by atoms with Crippen molar-refractivity contribution in [2.75, 3.05) is 0 Å². The molecular weight excluding hydrogens is 218 g/mol. The van der Waals surface area contributed by atoms with E-state index in [2.05, 4.69) is 15.4 Å². The van der Waals surface area contributed by atoms with Crippen molar-refractivity contribution in [1.82, 2.24) is 24.8 Å². The molecule has 0 atom stereocenters. The summed E-state index contributed by atoms with van der Waals surface area (Å²) in [6.45, 7) is 4.60. The molecule has 2 aromatic heterocycles. The summed E-state index contributed by atoms with van der Waals surface area (Å²) in [6, 6.07) is 0. The zero-order valence-corrected chi connectivity index (χ0v) is 10.2. The van der Waals surface area contributed by atoms with Gasteiger partial charge in [0.25, 0.3) is 0 Å². The topological polar surface area (TPSA) is 65.6 Å². The summed E-state index contributed by atoms with van der Waals surface area (Å²) in [5.74, 6) is -0.0750. The van der Waals surface area contributed by atoms with Gasteiger partial charge in [0.15, 0.2) is 0 Å². The van der Waals surface area contributed by atoms with Crippen LogP contribution in [0.1, 0.15) is 35.1 Å². The Morgan fingerprint density at radius 3 is 2.76 bits per heavy atom. The standard InChI is InChI=1S/C11H15N5O/c1-4-5-16-10(7-12-14-16)11(17)9-6-13-15(3)8(9)2/h6-7H,4-5H2,1-3H3. The highest BCUT2D eigenvalue weighted by molar-refractivity contribution is 6.08. The van der Waals surface area contributed by atoms with E-state index in [4.69, 9.17) is 0 Å². The van der Waals surface area contributed by atoms with Gasteiger partial charge in [0, 0.05) is 19.3 Å². The fraction of sp³-hybridized carbons (Fsp3) is 0.455. The molecule has 6 heteroatoms. The highest BCUT2D eigenvalue weighted by atomic mass is 16.1. The molecule has 0 spiro atoms. The number of carbonyl (C=O) groups excluding carboxylic acids is 1. The molecule has 17 heavy (non-hydrogen) atoms. The van der Waals surface area contributed by atoms with Crippen LogP contribution in [0.15, 0.2) is 12.4 Å². The molecule has 0 aliphatic heterocycles. The second-order valence-corrected chi connectivity index (χ2v) is 3.94. The zero-order valence-electron chi connectivity index (χ0n) is 10.2. The molecule has 90 valence electrons. The van der Waals surface area contributed by atoms with Gasteiger partial charge in [-0.05, 0) is 13.3 Å². The number of ketones is 1. The van der Waals surface area contributed by atoms with Crippen LogP contribution in [0, 0.1) is 6.92 Å². The van der Waals surface area contributed by atoms with Crippen molar-refractivity contribution < 1.29 is 4.79 Å². The number of aromatic nitrogens is 5. The van der Waals surface area contributed by atoms with Crippen molar-refractivity contribution in [2.24, 2.45) is 7.05 Å². The van der Waals surface area contributed by atoms with Crippen LogP contribution in [0.5, 0.6) is 0 Å². The van der Waals surface area contributed by atoms with E-state index in [0.29, 0.717) is 17.8 Å². The Labute approximate surface area is 99.2 Å². The molecule has 0 N–H and O–H groups in total. The van der Waals surface area contributed by atoms with E-state index in [9.17, 15) is 4.79 Å². The van der Waals surface area contributed by atoms with Crippen molar-refractivity contribution in [3.63, 3.8) is 0 Å². The lowest BCUT2D eigenvalue weighted by Gasteiger charge is -2.03. The summed E-state index contributed by atoms with van der Waals surface area (Å²) in [6.07, 6.45) is 4.00. The van der Waals surface area contributed by atoms with Gasteiger partial charge in [-0.25, -0.2) is 4.68 Å². The summed E-state index contributed by atoms with van der Waals surface area (Å²) in [5.41, 5.74) is 1.97. The average Bonchev–Trinajstić information content (AvgIpc) is 2.88. The Hall–Kier alpha value is -1.98. The molecule has 0 amide bonds. The molecule has 2 rings (SSSR count). The van der Waals surface area contributed by atoms with E-state index in [0.717, 1.165) is 12.1 Å². The minimum absolute atomic E-state index is 0.0750. The Balaban J connectivity index is 2.37. The zero-order chi connectivity index (χ0) is 12.4. The van der Waals surface area contributed by atoms with Gasteiger partial charge in [-0.2, -0.15) is 5.10 Å². The molecule has 0 unspecified atom stereocenters. The van der Waals surface area contributed by atoms with Gasteiger partial charge in [0.1, 0.15) is 5.69 Å². The third-order valence-electron chi connectivity index (χ3n) is 2.77. The first-order valence-corrected chi connectivity index (χ1v) is 5.57. The SMILES string of the molecule is CCCn1nncc1C(=O)c1cnn(C)c1C. The van der Waals surface area contributed by atoms with Gasteiger partial charge in [0.05, 0.1) is 18.0 Å². The highest BCUT2D eigenvalue weighted by Gasteiger charge is 2.19. The number of hydrogen-bond acceptors (Lipinski definition) is 4. The van der Waals surface area contributed by atoms with Crippen molar-refractivity contribution in [3.05, 3.63) is 29.3 Å². The Bertz CT molecular complexity index is 540. The minimum Gasteiger partial charge on any atom is -0.287 e. The van der Waals surface area contributed by atoms with E-state index in [1.165, 1.54) is 6.20 Å². The number of aryl methyl sites for hydroxylation is 2. The molecule has 0 fully saturated rings. The first-order valence-electron chi connectivity index (χ1n) is 5.57. The summed E-state index contributed by atoms with van der Waals surface area (Å²) in [7, 11) is 1.81. The molecular formula is C11H15N5O. The van der Waals surface area contributed by atoms with Crippen molar-refractivity contribution >= 4 is 5.78 Å². The molecule has 0 radical (unpaired) electrons. The third kappa shape index (κ3) is 1.98. The quantitative estimate of drug-likeness (QED) is 0.738. The Kier molecular flexibility index (Phi) is 3.03. The highest BCUT2D eigenvalue weighted by Crippen LogP contribution is 2.12. The number of nitrogens with zero attached hydrogens (tertiary/aromatic N) is 5. The first kappa shape index (κ1) is 11.5. The maximum Gasteiger partial charge on any atom is 0.216 e. The second-order valence-electron chi connectivity index (χ2n) is 3.94. The van der Waals surface area contributed by atoms with Gasteiger partial charge in [-0.1, -0.05) is 12.1 Å². The van der Waals surface area contributed by atoms with E-state index in [1.807, 2.05) is 20.9 Å². The third-order valence-corrected chi connectivity index (χ3v) is 2.77. The van der Waals surface area contributed by atoms with E-state index in [-0.39, 0.29) is 5.78 Å². The normalized spacial score (nSPS) is 10.8. The monoisotopic (exact) mass is 233 g/mol. The lowest BCUT2D eigenvalue weighted by Crippen LogP contribution is -2.12. The van der Waals surface area contributed by atoms with Gasteiger partial charge >= 0.3 is 0 Å². The molecule has 2 heterocycles. The minimum atomic E-state index is -0.0750. The lowest BCUT2D eigenvalue weighted by atomic mass is 10.1. The number of hydrogen-bond donors (Lipinski definition) is 0. The lowest BCUT2D eigenvalue weighted by molar-refractivity contribution is 0.102. The van der Waals surface area contributed by atoms with E-state index < -0.39 is 0 Å². The second kappa shape index (κ2) is 4.48. The first-order chi connectivity index (χ1) is 8.15. The number of carbonyl (C=O) groups is 1. The Morgan fingerprint density at radius 1 is 1.41 bits per heavy atom. The van der Waals surface area contributed by atoms with Gasteiger partial charge in [-0.15, -0.1) is 5.10 Å². The summed E-state index contributed by atoms with van der Waals surface area (Å²) in [4.78, 5) is 12.3. The maximum atomic E-state index is 12.3. The smallest absolute Gasteiger partial charge is 0.216 e. The Morgan fingerprint density at radius 2 is 2.18 bits per heavy atom. The van der Waals surface area contributed by atoms with E-state index >= 15 is 0 Å². The van der Waals surface area contributed by atoms with Crippen LogP contribution in [0.25, 0.3) is 0 Å². The predicted octanol–water partition coefficient (Wildman–Crippen LogP) is 0.961. The van der Waals surface area contributed by atoms with Crippen LogP contribution in [-0.4, -0.2) is 30.6 Å². The van der Waals surface area contributed by atoms with Crippen LogP contribution in [0.4, 0.5) is 0 Å².